The Morgan fingerprint density at radius 3 is 2.50 bits per heavy atom. The zero-order chi connectivity index (χ0) is 18.3. The number of hydrazone groups is 1. The number of aromatic nitrogens is 2. The summed E-state index contributed by atoms with van der Waals surface area (Å²) in [6.45, 7) is 2.01. The topological polar surface area (TPSA) is 75.5 Å². The summed E-state index contributed by atoms with van der Waals surface area (Å²) in [6.07, 6.45) is 4.92. The predicted molar refractivity (Wildman–Crippen MR) is 101 cm³/mol. The highest BCUT2D eigenvalue weighted by molar-refractivity contribution is 7.88. The summed E-state index contributed by atoms with van der Waals surface area (Å²) in [6, 6.07) is 13.2. The van der Waals surface area contributed by atoms with Gasteiger partial charge < -0.3 is 0 Å². The first-order chi connectivity index (χ1) is 12.4. The van der Waals surface area contributed by atoms with Crippen molar-refractivity contribution in [2.45, 2.75) is 19.4 Å². The largest absolute Gasteiger partial charge is 0.253 e. The second kappa shape index (κ2) is 6.17. The number of nitrogens with zero attached hydrogens (tertiary/aromatic N) is 4. The van der Waals surface area contributed by atoms with Crippen LogP contribution < -0.4 is 0 Å². The molecule has 0 saturated carbocycles. The van der Waals surface area contributed by atoms with Crippen LogP contribution >= 0.6 is 0 Å². The van der Waals surface area contributed by atoms with Crippen molar-refractivity contribution in [1.29, 1.82) is 0 Å². The minimum Gasteiger partial charge on any atom is -0.253 e. The van der Waals surface area contributed by atoms with Crippen molar-refractivity contribution in [3.8, 4) is 0 Å². The summed E-state index contributed by atoms with van der Waals surface area (Å²) in [5.74, 6) is 0. The van der Waals surface area contributed by atoms with Crippen molar-refractivity contribution < 1.29 is 8.42 Å². The standard InChI is InChI=1S/C19H18N4O2S/c1-13-6-8-14(9-7-13)17-12-18(23(22-17)26(2,24)25)15-4-3-5-16-19(15)21-11-10-20-16/h3-11,18H,12H2,1-2H3/t18-/m0/s1. The maximum Gasteiger partial charge on any atom is 0.247 e. The van der Waals surface area contributed by atoms with E-state index in [-0.39, 0.29) is 0 Å². The third-order valence-electron chi connectivity index (χ3n) is 4.49. The molecule has 0 aliphatic carbocycles. The van der Waals surface area contributed by atoms with Crippen LogP contribution in [0.1, 0.15) is 29.2 Å². The fourth-order valence-corrected chi connectivity index (χ4v) is 4.13. The van der Waals surface area contributed by atoms with Crippen LogP contribution in [0.5, 0.6) is 0 Å². The van der Waals surface area contributed by atoms with Gasteiger partial charge in [0.2, 0.25) is 10.0 Å². The second-order valence-electron chi connectivity index (χ2n) is 6.44. The third-order valence-corrected chi connectivity index (χ3v) is 5.50. The molecule has 2 heterocycles. The monoisotopic (exact) mass is 366 g/mol. The van der Waals surface area contributed by atoms with Crippen LogP contribution in [0, 0.1) is 6.92 Å². The van der Waals surface area contributed by atoms with Crippen molar-refractivity contribution >= 4 is 26.8 Å². The predicted octanol–water partition coefficient (Wildman–Crippen LogP) is 3.05. The van der Waals surface area contributed by atoms with Gasteiger partial charge in [-0.05, 0) is 18.6 Å². The molecular weight excluding hydrogens is 348 g/mol. The molecule has 1 aromatic heterocycles. The highest BCUT2D eigenvalue weighted by Crippen LogP contribution is 2.36. The van der Waals surface area contributed by atoms with Crippen LogP contribution in [0.2, 0.25) is 0 Å². The summed E-state index contributed by atoms with van der Waals surface area (Å²) in [5.41, 5.74) is 5.08. The minimum absolute atomic E-state index is 0.429. The molecular formula is C19H18N4O2S. The Balaban J connectivity index is 1.82. The molecule has 0 saturated heterocycles. The van der Waals surface area contributed by atoms with Gasteiger partial charge in [-0.2, -0.15) is 9.52 Å². The number of rotatable bonds is 3. The molecule has 7 heteroatoms. The first-order valence-corrected chi connectivity index (χ1v) is 10.1. The summed E-state index contributed by atoms with van der Waals surface area (Å²) >= 11 is 0. The van der Waals surface area contributed by atoms with Crippen molar-refractivity contribution in [2.24, 2.45) is 5.10 Å². The lowest BCUT2D eigenvalue weighted by Crippen LogP contribution is -2.26. The van der Waals surface area contributed by atoms with Gasteiger partial charge in [0.15, 0.2) is 0 Å². The van der Waals surface area contributed by atoms with Gasteiger partial charge in [0.05, 0.1) is 29.0 Å². The molecule has 4 rings (SSSR count). The van der Waals surface area contributed by atoms with Crippen LogP contribution in [-0.4, -0.2) is 34.8 Å². The third kappa shape index (κ3) is 2.94. The van der Waals surface area contributed by atoms with Crippen molar-refractivity contribution in [3.05, 3.63) is 71.5 Å². The Kier molecular flexibility index (Phi) is 3.96. The van der Waals surface area contributed by atoms with E-state index in [1.54, 1.807) is 12.4 Å². The van der Waals surface area contributed by atoms with Gasteiger partial charge >= 0.3 is 0 Å². The number of sulfonamides is 1. The summed E-state index contributed by atoms with van der Waals surface area (Å²) < 4.78 is 25.9. The zero-order valence-corrected chi connectivity index (χ0v) is 15.3. The highest BCUT2D eigenvalue weighted by atomic mass is 32.2. The highest BCUT2D eigenvalue weighted by Gasteiger charge is 2.35. The summed E-state index contributed by atoms with van der Waals surface area (Å²) in [4.78, 5) is 8.74. The fraction of sp³-hybridized carbons (Fsp3) is 0.211. The zero-order valence-electron chi connectivity index (χ0n) is 14.5. The van der Waals surface area contributed by atoms with Crippen LogP contribution in [0.15, 0.2) is 60.0 Å². The summed E-state index contributed by atoms with van der Waals surface area (Å²) in [5, 5.41) is 4.44. The molecule has 26 heavy (non-hydrogen) atoms. The van der Waals surface area contributed by atoms with Gasteiger partial charge in [0.25, 0.3) is 0 Å². The molecule has 0 unspecified atom stereocenters. The van der Waals surface area contributed by atoms with E-state index in [1.807, 2.05) is 49.4 Å². The van der Waals surface area contributed by atoms with E-state index in [2.05, 4.69) is 15.1 Å². The lowest BCUT2D eigenvalue weighted by molar-refractivity contribution is 0.376. The maximum atomic E-state index is 12.4. The maximum absolute atomic E-state index is 12.4. The van der Waals surface area contributed by atoms with E-state index < -0.39 is 16.1 Å². The molecule has 1 aliphatic rings. The van der Waals surface area contributed by atoms with Gasteiger partial charge in [0.1, 0.15) is 0 Å². The molecule has 0 N–H and O–H groups in total. The normalized spacial score (nSPS) is 17.5. The SMILES string of the molecule is Cc1ccc(C2=NN(S(C)(=O)=O)[C@H](c3cccc4nccnc34)C2)cc1. The molecule has 1 aliphatic heterocycles. The van der Waals surface area contributed by atoms with E-state index in [4.69, 9.17) is 0 Å². The van der Waals surface area contributed by atoms with Gasteiger partial charge in [-0.15, -0.1) is 0 Å². The number of fused-ring (bicyclic) bond motifs is 1. The van der Waals surface area contributed by atoms with Gasteiger partial charge in [0, 0.05) is 24.4 Å². The molecule has 2 aromatic carbocycles. The van der Waals surface area contributed by atoms with Crippen LogP contribution in [0.3, 0.4) is 0 Å². The number of hydrogen-bond acceptors (Lipinski definition) is 5. The van der Waals surface area contributed by atoms with Gasteiger partial charge in [-0.3, -0.25) is 9.97 Å². The Hall–Kier alpha value is -2.80. The van der Waals surface area contributed by atoms with E-state index in [0.29, 0.717) is 11.9 Å². The lowest BCUT2D eigenvalue weighted by Gasteiger charge is -2.22. The molecule has 1 atom stereocenters. The van der Waals surface area contributed by atoms with Crippen LogP contribution in [0.25, 0.3) is 11.0 Å². The lowest BCUT2D eigenvalue weighted by atomic mass is 9.97. The van der Waals surface area contributed by atoms with E-state index in [9.17, 15) is 8.42 Å². The molecule has 0 spiro atoms. The second-order valence-corrected chi connectivity index (χ2v) is 8.28. The Labute approximate surface area is 152 Å². The average molecular weight is 366 g/mol. The fourth-order valence-electron chi connectivity index (χ4n) is 3.23. The average Bonchev–Trinajstić information content (AvgIpc) is 3.07. The smallest absolute Gasteiger partial charge is 0.247 e. The molecule has 132 valence electrons. The number of aryl methyl sites for hydroxylation is 1. The minimum atomic E-state index is -3.52. The molecule has 0 fully saturated rings. The molecule has 0 bridgehead atoms. The quantitative estimate of drug-likeness (QED) is 0.714. The summed E-state index contributed by atoms with van der Waals surface area (Å²) in [7, 11) is -3.52. The van der Waals surface area contributed by atoms with Crippen molar-refractivity contribution in [2.75, 3.05) is 6.26 Å². The van der Waals surface area contributed by atoms with E-state index in [0.717, 1.165) is 27.9 Å². The number of benzene rings is 2. The van der Waals surface area contributed by atoms with Gasteiger partial charge in [-0.25, -0.2) is 8.42 Å². The van der Waals surface area contributed by atoms with Crippen molar-refractivity contribution in [3.63, 3.8) is 0 Å². The van der Waals surface area contributed by atoms with E-state index >= 15 is 0 Å². The molecule has 3 aromatic rings. The van der Waals surface area contributed by atoms with Crippen molar-refractivity contribution in [1.82, 2.24) is 14.4 Å². The van der Waals surface area contributed by atoms with E-state index in [1.165, 1.54) is 10.7 Å². The first kappa shape index (κ1) is 16.7. The van der Waals surface area contributed by atoms with Crippen LogP contribution in [0.4, 0.5) is 0 Å². The molecule has 6 nitrogen and oxygen atoms in total. The van der Waals surface area contributed by atoms with Gasteiger partial charge in [-0.1, -0.05) is 42.0 Å². The molecule has 0 radical (unpaired) electrons. The molecule has 0 amide bonds. The van der Waals surface area contributed by atoms with Crippen LogP contribution in [-0.2, 0) is 10.0 Å². The Bertz CT molecular complexity index is 1100. The Morgan fingerprint density at radius 1 is 1.04 bits per heavy atom. The number of para-hydroxylation sites is 1. The number of hydrogen-bond donors (Lipinski definition) is 0. The first-order valence-electron chi connectivity index (χ1n) is 8.27. The Morgan fingerprint density at radius 2 is 1.77 bits per heavy atom.